The highest BCUT2D eigenvalue weighted by atomic mass is 16.6. The summed E-state index contributed by atoms with van der Waals surface area (Å²) in [4.78, 5) is 3.86. The van der Waals surface area contributed by atoms with Crippen molar-refractivity contribution in [3.05, 3.63) is 18.2 Å². The van der Waals surface area contributed by atoms with Crippen molar-refractivity contribution in [2.24, 2.45) is 4.99 Å². The standard InChI is InChI=1S/C13H19NO4/c1-13(2,3)18-12(15)14-9-7-6-8-10(16-4)11(9)17-5/h6-8H,1-5H3,(H,14,15)/p-1. The van der Waals surface area contributed by atoms with Crippen molar-refractivity contribution in [2.75, 3.05) is 14.2 Å². The Kier molecular flexibility index (Phi) is 4.42. The number of nitrogens with zero attached hydrogens (tertiary/aromatic N) is 1. The molecule has 0 saturated carbocycles. The Morgan fingerprint density at radius 2 is 1.83 bits per heavy atom. The van der Waals surface area contributed by atoms with Gasteiger partial charge in [0.2, 0.25) is 0 Å². The van der Waals surface area contributed by atoms with E-state index in [1.807, 2.05) is 0 Å². The highest BCUT2D eigenvalue weighted by Gasteiger charge is 2.09. The minimum Gasteiger partial charge on any atom is -0.594 e. The molecule has 0 bridgehead atoms. The van der Waals surface area contributed by atoms with E-state index in [-0.39, 0.29) is 0 Å². The summed E-state index contributed by atoms with van der Waals surface area (Å²) in [7, 11) is 3.01. The number of rotatable bonds is 3. The van der Waals surface area contributed by atoms with Gasteiger partial charge in [-0.05, 0) is 12.1 Å². The van der Waals surface area contributed by atoms with Gasteiger partial charge >= 0.3 is 0 Å². The maximum Gasteiger partial charge on any atom is 0.186 e. The lowest BCUT2D eigenvalue weighted by atomic mass is 10.2. The van der Waals surface area contributed by atoms with E-state index >= 15 is 0 Å². The fourth-order valence-electron chi connectivity index (χ4n) is 1.34. The van der Waals surface area contributed by atoms with Gasteiger partial charge in [-0.15, -0.1) is 0 Å². The van der Waals surface area contributed by atoms with Gasteiger partial charge in [0.1, 0.15) is 5.69 Å². The first kappa shape index (κ1) is 14.2. The summed E-state index contributed by atoms with van der Waals surface area (Å²) in [5, 5.41) is 11.6. The molecule has 0 amide bonds. The van der Waals surface area contributed by atoms with Crippen LogP contribution in [0.2, 0.25) is 0 Å². The fraction of sp³-hybridized carbons (Fsp3) is 0.462. The summed E-state index contributed by atoms with van der Waals surface area (Å²) >= 11 is 0. The first-order valence-electron chi connectivity index (χ1n) is 5.53. The normalized spacial score (nSPS) is 12.2. The first-order valence-corrected chi connectivity index (χ1v) is 5.53. The van der Waals surface area contributed by atoms with E-state index in [0.29, 0.717) is 17.2 Å². The van der Waals surface area contributed by atoms with Gasteiger partial charge in [-0.25, -0.2) is 4.99 Å². The van der Waals surface area contributed by atoms with Crippen LogP contribution in [0.25, 0.3) is 0 Å². The second kappa shape index (κ2) is 5.62. The molecular weight excluding hydrogens is 234 g/mol. The van der Waals surface area contributed by atoms with Crippen LogP contribution in [0, 0.1) is 0 Å². The van der Waals surface area contributed by atoms with Crippen molar-refractivity contribution in [3.63, 3.8) is 0 Å². The van der Waals surface area contributed by atoms with E-state index < -0.39 is 11.7 Å². The van der Waals surface area contributed by atoms with Crippen molar-refractivity contribution in [1.29, 1.82) is 0 Å². The number of hydrogen-bond donors (Lipinski definition) is 0. The largest absolute Gasteiger partial charge is 0.594 e. The third-order valence-corrected chi connectivity index (χ3v) is 1.99. The lowest BCUT2D eigenvalue weighted by Gasteiger charge is -2.29. The van der Waals surface area contributed by atoms with Crippen molar-refractivity contribution < 1.29 is 19.3 Å². The second-order valence-corrected chi connectivity index (χ2v) is 4.60. The van der Waals surface area contributed by atoms with Gasteiger partial charge in [0.05, 0.1) is 14.2 Å². The Morgan fingerprint density at radius 1 is 1.17 bits per heavy atom. The zero-order chi connectivity index (χ0) is 13.8. The molecule has 5 heteroatoms. The lowest BCUT2D eigenvalue weighted by Crippen LogP contribution is -2.31. The average Bonchev–Trinajstić information content (AvgIpc) is 2.25. The molecule has 100 valence electrons. The molecule has 0 heterocycles. The molecular formula is C13H18NO4-. The molecule has 0 radical (unpaired) electrons. The Morgan fingerprint density at radius 3 is 2.33 bits per heavy atom. The number of ether oxygens (including phenoxy) is 3. The van der Waals surface area contributed by atoms with Crippen LogP contribution in [0.5, 0.6) is 11.5 Å². The molecule has 1 aromatic rings. The van der Waals surface area contributed by atoms with Crippen LogP contribution in [-0.2, 0) is 4.74 Å². The van der Waals surface area contributed by atoms with E-state index in [9.17, 15) is 5.11 Å². The SMILES string of the molecule is COc1cccc(N=C([O-])OC(C)(C)C)c1OC. The third kappa shape index (κ3) is 3.84. The number of hydrogen-bond acceptors (Lipinski definition) is 5. The van der Waals surface area contributed by atoms with E-state index in [4.69, 9.17) is 14.2 Å². The van der Waals surface area contributed by atoms with Gasteiger partial charge in [0.25, 0.3) is 0 Å². The van der Waals surface area contributed by atoms with Gasteiger partial charge in [-0.3, -0.25) is 0 Å². The number of methoxy groups -OCH3 is 2. The summed E-state index contributed by atoms with van der Waals surface area (Å²) < 4.78 is 15.4. The van der Waals surface area contributed by atoms with Crippen LogP contribution in [0.3, 0.4) is 0 Å². The topological polar surface area (TPSA) is 63.1 Å². The van der Waals surface area contributed by atoms with Crippen LogP contribution in [0.1, 0.15) is 20.8 Å². The quantitative estimate of drug-likeness (QED) is 0.608. The zero-order valence-corrected chi connectivity index (χ0v) is 11.3. The second-order valence-electron chi connectivity index (χ2n) is 4.60. The van der Waals surface area contributed by atoms with Crippen molar-refractivity contribution in [3.8, 4) is 11.5 Å². The predicted octanol–water partition coefficient (Wildman–Crippen LogP) is 1.87. The monoisotopic (exact) mass is 252 g/mol. The van der Waals surface area contributed by atoms with Crippen LogP contribution < -0.4 is 14.6 Å². The van der Waals surface area contributed by atoms with Gasteiger partial charge in [0.15, 0.2) is 17.6 Å². The lowest BCUT2D eigenvalue weighted by molar-refractivity contribution is -0.259. The van der Waals surface area contributed by atoms with E-state index in [2.05, 4.69) is 4.99 Å². The zero-order valence-electron chi connectivity index (χ0n) is 11.3. The first-order chi connectivity index (χ1) is 8.37. The Hall–Kier alpha value is -1.91. The summed E-state index contributed by atoms with van der Waals surface area (Å²) in [6.45, 7) is 5.34. The highest BCUT2D eigenvalue weighted by Crippen LogP contribution is 2.36. The van der Waals surface area contributed by atoms with E-state index in [1.165, 1.54) is 14.2 Å². The molecule has 1 aromatic carbocycles. The Balaban J connectivity index is 3.06. The molecule has 1 rings (SSSR count). The summed E-state index contributed by atoms with van der Waals surface area (Å²) in [6.07, 6.45) is -0.658. The van der Waals surface area contributed by atoms with Crippen molar-refractivity contribution in [2.45, 2.75) is 26.4 Å². The molecule has 0 saturated heterocycles. The van der Waals surface area contributed by atoms with Crippen LogP contribution >= 0.6 is 0 Å². The van der Waals surface area contributed by atoms with Crippen LogP contribution in [0.15, 0.2) is 23.2 Å². The van der Waals surface area contributed by atoms with Crippen molar-refractivity contribution >= 4 is 11.8 Å². The maximum atomic E-state index is 11.6. The highest BCUT2D eigenvalue weighted by molar-refractivity contribution is 5.71. The van der Waals surface area contributed by atoms with Gasteiger partial charge in [-0.2, -0.15) is 0 Å². The average molecular weight is 252 g/mol. The molecule has 0 aliphatic rings. The summed E-state index contributed by atoms with van der Waals surface area (Å²) in [5.41, 5.74) is -0.196. The van der Waals surface area contributed by atoms with Crippen LogP contribution in [0.4, 0.5) is 5.69 Å². The maximum absolute atomic E-state index is 11.6. The molecule has 0 aliphatic carbocycles. The predicted molar refractivity (Wildman–Crippen MR) is 67.5 cm³/mol. The van der Waals surface area contributed by atoms with Crippen LogP contribution in [-0.4, -0.2) is 25.9 Å². The van der Waals surface area contributed by atoms with Gasteiger partial charge in [-0.1, -0.05) is 26.8 Å². The Labute approximate surface area is 107 Å². The summed E-state index contributed by atoms with van der Waals surface area (Å²) in [6, 6.07) is 5.11. The molecule has 0 aliphatic heterocycles. The van der Waals surface area contributed by atoms with E-state index in [1.54, 1.807) is 39.0 Å². The Bertz CT molecular complexity index is 435. The number of para-hydroxylation sites is 1. The van der Waals surface area contributed by atoms with Crippen molar-refractivity contribution in [1.82, 2.24) is 0 Å². The number of benzene rings is 1. The number of aliphatic imine (C=N–C) groups is 1. The smallest absolute Gasteiger partial charge is 0.186 e. The minimum atomic E-state index is -0.658. The molecule has 0 atom stereocenters. The summed E-state index contributed by atoms with van der Waals surface area (Å²) in [5.74, 6) is 0.924. The molecule has 0 fully saturated rings. The molecule has 0 aromatic heterocycles. The third-order valence-electron chi connectivity index (χ3n) is 1.99. The molecule has 18 heavy (non-hydrogen) atoms. The molecule has 0 spiro atoms. The van der Waals surface area contributed by atoms with E-state index in [0.717, 1.165) is 0 Å². The molecule has 0 unspecified atom stereocenters. The van der Waals surface area contributed by atoms with Gasteiger partial charge in [0, 0.05) is 5.60 Å². The minimum absolute atomic E-state index is 0.381. The fourth-order valence-corrected chi connectivity index (χ4v) is 1.34. The molecule has 5 nitrogen and oxygen atoms in total. The van der Waals surface area contributed by atoms with Gasteiger partial charge < -0.3 is 19.3 Å². The molecule has 0 N–H and O–H groups in total.